The van der Waals surface area contributed by atoms with Crippen LogP contribution in [0.5, 0.6) is 0 Å². The van der Waals surface area contributed by atoms with Crippen LogP contribution >= 0.6 is 11.6 Å². The summed E-state index contributed by atoms with van der Waals surface area (Å²) in [6.45, 7) is 1.65. The van der Waals surface area contributed by atoms with E-state index < -0.39 is 11.0 Å². The van der Waals surface area contributed by atoms with Gasteiger partial charge in [0.1, 0.15) is 11.4 Å². The van der Waals surface area contributed by atoms with Crippen molar-refractivity contribution in [3.63, 3.8) is 0 Å². The standard InChI is InChI=1S/C19H19ClFNO2/c1-18(24,13-5-7-16(21)8-6-13)12-22-17(23)19(9-10-19)14-3-2-4-15(20)11-14/h2-8,11,24H,9-10,12H2,1H3,(H,22,23). The van der Waals surface area contributed by atoms with E-state index >= 15 is 0 Å². The highest BCUT2D eigenvalue weighted by atomic mass is 35.5. The normalized spacial score (nSPS) is 17.8. The lowest BCUT2D eigenvalue weighted by atomic mass is 9.93. The number of nitrogens with one attached hydrogen (secondary N) is 1. The van der Waals surface area contributed by atoms with E-state index in [0.29, 0.717) is 10.6 Å². The smallest absolute Gasteiger partial charge is 0.230 e. The summed E-state index contributed by atoms with van der Waals surface area (Å²) in [6.07, 6.45) is 1.52. The number of hydrogen-bond donors (Lipinski definition) is 2. The van der Waals surface area contributed by atoms with Crippen LogP contribution in [0.15, 0.2) is 48.5 Å². The number of carbonyl (C=O) groups is 1. The van der Waals surface area contributed by atoms with Crippen LogP contribution in [0.1, 0.15) is 30.9 Å². The highest BCUT2D eigenvalue weighted by molar-refractivity contribution is 6.30. The van der Waals surface area contributed by atoms with Crippen molar-refractivity contribution < 1.29 is 14.3 Å². The SMILES string of the molecule is CC(O)(CNC(=O)C1(c2cccc(Cl)c2)CC1)c1ccc(F)cc1. The van der Waals surface area contributed by atoms with Gasteiger partial charge in [-0.05, 0) is 55.2 Å². The molecule has 1 amide bonds. The van der Waals surface area contributed by atoms with Crippen LogP contribution in [-0.2, 0) is 15.8 Å². The van der Waals surface area contributed by atoms with Gasteiger partial charge in [-0.2, -0.15) is 0 Å². The first-order valence-electron chi connectivity index (χ1n) is 7.86. The molecule has 1 aliphatic rings. The first-order valence-corrected chi connectivity index (χ1v) is 8.24. The third-order valence-electron chi connectivity index (χ3n) is 4.62. The third kappa shape index (κ3) is 3.30. The molecule has 0 spiro atoms. The van der Waals surface area contributed by atoms with Gasteiger partial charge in [0.2, 0.25) is 5.91 Å². The highest BCUT2D eigenvalue weighted by Gasteiger charge is 2.51. The number of halogens is 2. The molecule has 0 aromatic heterocycles. The number of carbonyl (C=O) groups excluding carboxylic acids is 1. The average Bonchev–Trinajstić information content (AvgIpc) is 3.35. The Bertz CT molecular complexity index is 754. The van der Waals surface area contributed by atoms with Gasteiger partial charge in [-0.15, -0.1) is 0 Å². The molecule has 0 saturated heterocycles. The zero-order valence-corrected chi connectivity index (χ0v) is 14.1. The number of rotatable bonds is 5. The fraction of sp³-hybridized carbons (Fsp3) is 0.316. The molecular weight excluding hydrogens is 329 g/mol. The monoisotopic (exact) mass is 347 g/mol. The second-order valence-electron chi connectivity index (χ2n) is 6.56. The second kappa shape index (κ2) is 6.19. The molecule has 2 aromatic rings. The first kappa shape index (κ1) is 16.9. The van der Waals surface area contributed by atoms with E-state index in [1.54, 1.807) is 13.0 Å². The van der Waals surface area contributed by atoms with Crippen LogP contribution in [-0.4, -0.2) is 17.6 Å². The Labute approximate surface area is 145 Å². The Morgan fingerprint density at radius 1 is 1.29 bits per heavy atom. The van der Waals surface area contributed by atoms with Gasteiger partial charge in [0, 0.05) is 5.02 Å². The van der Waals surface area contributed by atoms with Gasteiger partial charge >= 0.3 is 0 Å². The summed E-state index contributed by atoms with van der Waals surface area (Å²) in [5.41, 5.74) is -0.372. The van der Waals surface area contributed by atoms with Gasteiger partial charge < -0.3 is 10.4 Å². The predicted molar refractivity (Wildman–Crippen MR) is 91.3 cm³/mol. The molecule has 3 nitrogen and oxygen atoms in total. The van der Waals surface area contributed by atoms with Gasteiger partial charge in [0.25, 0.3) is 0 Å². The molecule has 24 heavy (non-hydrogen) atoms. The Morgan fingerprint density at radius 2 is 1.96 bits per heavy atom. The lowest BCUT2D eigenvalue weighted by Gasteiger charge is -2.26. The lowest BCUT2D eigenvalue weighted by Crippen LogP contribution is -2.43. The van der Waals surface area contributed by atoms with Crippen molar-refractivity contribution in [1.29, 1.82) is 0 Å². The maximum absolute atomic E-state index is 13.0. The number of aliphatic hydroxyl groups is 1. The summed E-state index contributed by atoms with van der Waals surface area (Å²) in [4.78, 5) is 12.6. The van der Waals surface area contributed by atoms with Crippen LogP contribution in [0, 0.1) is 5.82 Å². The first-order chi connectivity index (χ1) is 11.3. The van der Waals surface area contributed by atoms with E-state index in [9.17, 15) is 14.3 Å². The average molecular weight is 348 g/mol. The Hall–Kier alpha value is -1.91. The van der Waals surface area contributed by atoms with Gasteiger partial charge in [0.15, 0.2) is 0 Å². The number of amides is 1. The van der Waals surface area contributed by atoms with Gasteiger partial charge in [-0.3, -0.25) is 4.79 Å². The summed E-state index contributed by atoms with van der Waals surface area (Å²) >= 11 is 6.02. The van der Waals surface area contributed by atoms with E-state index in [2.05, 4.69) is 5.32 Å². The molecule has 2 N–H and O–H groups in total. The fourth-order valence-electron chi connectivity index (χ4n) is 2.89. The maximum atomic E-state index is 13.0. The predicted octanol–water partition coefficient (Wildman–Crippen LogP) is 3.53. The Morgan fingerprint density at radius 3 is 2.54 bits per heavy atom. The van der Waals surface area contributed by atoms with E-state index in [1.165, 1.54) is 24.3 Å². The van der Waals surface area contributed by atoms with Gasteiger partial charge in [-0.1, -0.05) is 35.9 Å². The molecule has 126 valence electrons. The van der Waals surface area contributed by atoms with Crippen LogP contribution < -0.4 is 5.32 Å². The van der Waals surface area contributed by atoms with E-state index in [0.717, 1.165) is 18.4 Å². The van der Waals surface area contributed by atoms with Crippen LogP contribution in [0.25, 0.3) is 0 Å². The third-order valence-corrected chi connectivity index (χ3v) is 4.86. The summed E-state index contributed by atoms with van der Waals surface area (Å²) in [7, 11) is 0. The minimum Gasteiger partial charge on any atom is -0.384 e. The minimum atomic E-state index is -1.27. The van der Waals surface area contributed by atoms with Crippen molar-refractivity contribution in [2.24, 2.45) is 0 Å². The molecule has 1 fully saturated rings. The van der Waals surface area contributed by atoms with E-state index in [4.69, 9.17) is 11.6 Å². The van der Waals surface area contributed by atoms with Crippen molar-refractivity contribution in [3.8, 4) is 0 Å². The largest absolute Gasteiger partial charge is 0.384 e. The van der Waals surface area contributed by atoms with Gasteiger partial charge in [0.05, 0.1) is 12.0 Å². The molecule has 0 bridgehead atoms. The molecule has 1 saturated carbocycles. The van der Waals surface area contributed by atoms with Crippen LogP contribution in [0.3, 0.4) is 0 Å². The Kier molecular flexibility index (Phi) is 4.37. The maximum Gasteiger partial charge on any atom is 0.230 e. The minimum absolute atomic E-state index is 0.0553. The number of benzene rings is 2. The molecule has 1 aliphatic carbocycles. The lowest BCUT2D eigenvalue weighted by molar-refractivity contribution is -0.124. The van der Waals surface area contributed by atoms with Crippen LogP contribution in [0.2, 0.25) is 5.02 Å². The summed E-state index contributed by atoms with van der Waals surface area (Å²) < 4.78 is 13.0. The zero-order valence-electron chi connectivity index (χ0n) is 13.4. The van der Waals surface area contributed by atoms with E-state index in [-0.39, 0.29) is 18.3 Å². The van der Waals surface area contributed by atoms with Crippen molar-refractivity contribution in [2.45, 2.75) is 30.8 Å². The van der Waals surface area contributed by atoms with Gasteiger partial charge in [-0.25, -0.2) is 4.39 Å². The fourth-order valence-corrected chi connectivity index (χ4v) is 3.08. The molecule has 0 heterocycles. The molecule has 1 unspecified atom stereocenters. The molecule has 3 rings (SSSR count). The quantitative estimate of drug-likeness (QED) is 0.869. The van der Waals surface area contributed by atoms with Crippen molar-refractivity contribution in [2.75, 3.05) is 6.54 Å². The summed E-state index contributed by atoms with van der Waals surface area (Å²) in [6, 6.07) is 12.9. The Balaban J connectivity index is 1.70. The molecule has 0 radical (unpaired) electrons. The molecular formula is C19H19ClFNO2. The zero-order chi connectivity index (χ0) is 17.4. The molecule has 1 atom stereocenters. The van der Waals surface area contributed by atoms with Crippen molar-refractivity contribution in [3.05, 3.63) is 70.5 Å². The molecule has 0 aliphatic heterocycles. The summed E-state index contributed by atoms with van der Waals surface area (Å²) in [5.74, 6) is -0.483. The van der Waals surface area contributed by atoms with Crippen LogP contribution in [0.4, 0.5) is 4.39 Å². The summed E-state index contributed by atoms with van der Waals surface area (Å²) in [5, 5.41) is 14.0. The second-order valence-corrected chi connectivity index (χ2v) is 6.99. The van der Waals surface area contributed by atoms with E-state index in [1.807, 2.05) is 18.2 Å². The number of hydrogen-bond acceptors (Lipinski definition) is 2. The van der Waals surface area contributed by atoms with Crippen molar-refractivity contribution >= 4 is 17.5 Å². The molecule has 5 heteroatoms. The topological polar surface area (TPSA) is 49.3 Å². The highest BCUT2D eigenvalue weighted by Crippen LogP contribution is 2.48. The van der Waals surface area contributed by atoms with Crippen molar-refractivity contribution in [1.82, 2.24) is 5.32 Å². The molecule has 2 aromatic carbocycles.